The van der Waals surface area contributed by atoms with Crippen molar-refractivity contribution in [3.05, 3.63) is 47.8 Å². The van der Waals surface area contributed by atoms with Crippen LogP contribution in [0.2, 0.25) is 0 Å². The molecule has 1 atom stereocenters. The van der Waals surface area contributed by atoms with Crippen molar-refractivity contribution in [2.24, 2.45) is 0 Å². The second kappa shape index (κ2) is 5.83. The van der Waals surface area contributed by atoms with E-state index < -0.39 is 6.10 Å². The molecule has 0 saturated heterocycles. The van der Waals surface area contributed by atoms with E-state index in [2.05, 4.69) is 0 Å². The second-order valence-corrected chi connectivity index (χ2v) is 6.06. The molecule has 5 nitrogen and oxygen atoms in total. The number of aromatic nitrogens is 2. The molecule has 1 N–H and O–H groups in total. The number of hydrogen-bond acceptors (Lipinski definition) is 4. The van der Waals surface area contributed by atoms with Crippen LogP contribution in [0.1, 0.15) is 30.7 Å². The van der Waals surface area contributed by atoms with Crippen molar-refractivity contribution in [1.29, 1.82) is 0 Å². The molecule has 5 heteroatoms. The maximum Gasteiger partial charge on any atom is 0.162 e. The predicted molar refractivity (Wildman–Crippen MR) is 91.6 cm³/mol. The highest BCUT2D eigenvalue weighted by Gasteiger charge is 2.21. The van der Waals surface area contributed by atoms with Crippen molar-refractivity contribution >= 4 is 5.65 Å². The van der Waals surface area contributed by atoms with Crippen LogP contribution in [0, 0.1) is 6.92 Å². The van der Waals surface area contributed by atoms with Gasteiger partial charge in [-0.25, -0.2) is 4.98 Å². The highest BCUT2D eigenvalue weighted by Crippen LogP contribution is 2.37. The smallest absolute Gasteiger partial charge is 0.162 e. The molecule has 1 aliphatic heterocycles. The first-order chi connectivity index (χ1) is 11.7. The Hall–Kier alpha value is -2.53. The Morgan fingerprint density at radius 2 is 1.96 bits per heavy atom. The van der Waals surface area contributed by atoms with Crippen molar-refractivity contribution in [3.8, 4) is 22.8 Å². The normalized spacial score (nSPS) is 14.8. The summed E-state index contributed by atoms with van der Waals surface area (Å²) < 4.78 is 13.3. The van der Waals surface area contributed by atoms with E-state index in [9.17, 15) is 5.11 Å². The van der Waals surface area contributed by atoms with E-state index in [-0.39, 0.29) is 0 Å². The summed E-state index contributed by atoms with van der Waals surface area (Å²) in [5.41, 5.74) is 4.47. The Morgan fingerprint density at radius 3 is 2.75 bits per heavy atom. The lowest BCUT2D eigenvalue weighted by Crippen LogP contribution is -2.15. The zero-order chi connectivity index (χ0) is 16.7. The number of hydrogen-bond donors (Lipinski definition) is 1. The number of ether oxygens (including phenoxy) is 2. The maximum absolute atomic E-state index is 10.6. The van der Waals surface area contributed by atoms with Crippen LogP contribution < -0.4 is 9.47 Å². The van der Waals surface area contributed by atoms with E-state index in [1.54, 1.807) is 0 Å². The zero-order valence-corrected chi connectivity index (χ0v) is 13.8. The Bertz CT molecular complexity index is 901. The Labute approximate surface area is 140 Å². The SMILES string of the molecule is CCC(O)c1c(-c2ccc3c(c2)OCCO3)nc2ccc(C)cn12. The molecule has 1 unspecified atom stereocenters. The minimum absolute atomic E-state index is 0.547. The first-order valence-corrected chi connectivity index (χ1v) is 8.24. The molecule has 0 spiro atoms. The number of aliphatic hydroxyl groups excluding tert-OH is 1. The van der Waals surface area contributed by atoms with Crippen LogP contribution >= 0.6 is 0 Å². The fraction of sp³-hybridized carbons (Fsp3) is 0.316. The van der Waals surface area contributed by atoms with Gasteiger partial charge in [0.2, 0.25) is 0 Å². The lowest BCUT2D eigenvalue weighted by atomic mass is 10.0. The van der Waals surface area contributed by atoms with Gasteiger partial charge in [-0.2, -0.15) is 0 Å². The standard InChI is InChI=1S/C19H20N2O3/c1-3-14(22)19-18(20-17-7-4-12(2)11-21(17)19)13-5-6-15-16(10-13)24-9-8-23-15/h4-7,10-11,14,22H,3,8-9H2,1-2H3. The summed E-state index contributed by atoms with van der Waals surface area (Å²) in [6.45, 7) is 5.11. The highest BCUT2D eigenvalue weighted by atomic mass is 16.6. The Morgan fingerprint density at radius 1 is 1.17 bits per heavy atom. The highest BCUT2D eigenvalue weighted by molar-refractivity contribution is 5.70. The van der Waals surface area contributed by atoms with Gasteiger partial charge in [-0.15, -0.1) is 0 Å². The largest absolute Gasteiger partial charge is 0.486 e. The third kappa shape index (κ3) is 2.41. The van der Waals surface area contributed by atoms with E-state index in [0.717, 1.165) is 39.7 Å². The van der Waals surface area contributed by atoms with Crippen molar-refractivity contribution in [1.82, 2.24) is 9.38 Å². The van der Waals surface area contributed by atoms with Gasteiger partial charge in [0.25, 0.3) is 0 Å². The fourth-order valence-corrected chi connectivity index (χ4v) is 3.08. The Balaban J connectivity index is 1.92. The van der Waals surface area contributed by atoms with Crippen molar-refractivity contribution in [2.45, 2.75) is 26.4 Å². The average molecular weight is 324 g/mol. The molecule has 1 aliphatic rings. The molecule has 124 valence electrons. The number of imidazole rings is 1. The first-order valence-electron chi connectivity index (χ1n) is 8.24. The number of benzene rings is 1. The molecule has 0 fully saturated rings. The van der Waals surface area contributed by atoms with E-state index in [4.69, 9.17) is 14.5 Å². The van der Waals surface area contributed by atoms with Crippen LogP contribution in [0.5, 0.6) is 11.5 Å². The summed E-state index contributed by atoms with van der Waals surface area (Å²) in [7, 11) is 0. The van der Waals surface area contributed by atoms with Gasteiger partial charge >= 0.3 is 0 Å². The molecule has 0 amide bonds. The second-order valence-electron chi connectivity index (χ2n) is 6.06. The summed E-state index contributed by atoms with van der Waals surface area (Å²) >= 11 is 0. The van der Waals surface area contributed by atoms with Gasteiger partial charge in [-0.05, 0) is 43.2 Å². The van der Waals surface area contributed by atoms with Crippen molar-refractivity contribution in [3.63, 3.8) is 0 Å². The monoisotopic (exact) mass is 324 g/mol. The van der Waals surface area contributed by atoms with Gasteiger partial charge in [-0.3, -0.25) is 0 Å². The van der Waals surface area contributed by atoms with E-state index >= 15 is 0 Å². The third-order valence-electron chi connectivity index (χ3n) is 4.32. The van der Waals surface area contributed by atoms with Crippen LogP contribution in [-0.4, -0.2) is 27.7 Å². The van der Waals surface area contributed by atoms with Gasteiger partial charge < -0.3 is 19.0 Å². The topological polar surface area (TPSA) is 56.0 Å². The minimum atomic E-state index is -0.579. The number of aliphatic hydroxyl groups is 1. The van der Waals surface area contributed by atoms with Crippen LogP contribution in [0.4, 0.5) is 0 Å². The predicted octanol–water partition coefficient (Wildman–Crippen LogP) is 3.52. The van der Waals surface area contributed by atoms with Crippen LogP contribution in [0.15, 0.2) is 36.5 Å². The Kier molecular flexibility index (Phi) is 3.65. The zero-order valence-electron chi connectivity index (χ0n) is 13.8. The first kappa shape index (κ1) is 15.0. The molecule has 0 aliphatic carbocycles. The summed E-state index contributed by atoms with van der Waals surface area (Å²) in [5.74, 6) is 1.48. The van der Waals surface area contributed by atoms with E-state index in [0.29, 0.717) is 19.6 Å². The molecule has 4 rings (SSSR count). The molecule has 3 heterocycles. The van der Waals surface area contributed by atoms with Gasteiger partial charge in [0.05, 0.1) is 17.5 Å². The molecule has 1 aromatic carbocycles. The van der Waals surface area contributed by atoms with Crippen LogP contribution in [-0.2, 0) is 0 Å². The number of rotatable bonds is 3. The van der Waals surface area contributed by atoms with E-state index in [1.807, 2.05) is 54.8 Å². The van der Waals surface area contributed by atoms with Crippen molar-refractivity contribution < 1.29 is 14.6 Å². The third-order valence-corrected chi connectivity index (χ3v) is 4.32. The van der Waals surface area contributed by atoms with Gasteiger partial charge in [0, 0.05) is 11.8 Å². The molecular weight excluding hydrogens is 304 g/mol. The minimum Gasteiger partial charge on any atom is -0.486 e. The number of pyridine rings is 1. The molecule has 24 heavy (non-hydrogen) atoms. The number of nitrogens with zero attached hydrogens (tertiary/aromatic N) is 2. The molecule has 0 radical (unpaired) electrons. The van der Waals surface area contributed by atoms with Crippen molar-refractivity contribution in [2.75, 3.05) is 13.2 Å². The van der Waals surface area contributed by atoms with Crippen LogP contribution in [0.25, 0.3) is 16.9 Å². The number of fused-ring (bicyclic) bond motifs is 2. The van der Waals surface area contributed by atoms with Gasteiger partial charge in [0.1, 0.15) is 18.9 Å². The van der Waals surface area contributed by atoms with Gasteiger partial charge in [-0.1, -0.05) is 13.0 Å². The quantitative estimate of drug-likeness (QED) is 0.801. The fourth-order valence-electron chi connectivity index (χ4n) is 3.08. The maximum atomic E-state index is 10.6. The summed E-state index contributed by atoms with van der Waals surface area (Å²) in [4.78, 5) is 4.75. The van der Waals surface area contributed by atoms with Crippen LogP contribution in [0.3, 0.4) is 0 Å². The van der Waals surface area contributed by atoms with Gasteiger partial charge in [0.15, 0.2) is 11.5 Å². The lowest BCUT2D eigenvalue weighted by molar-refractivity contribution is 0.168. The summed E-state index contributed by atoms with van der Waals surface area (Å²) in [6.07, 6.45) is 2.06. The number of aryl methyl sites for hydroxylation is 1. The van der Waals surface area contributed by atoms with E-state index in [1.165, 1.54) is 0 Å². The molecular formula is C19H20N2O3. The summed E-state index contributed by atoms with van der Waals surface area (Å²) in [6, 6.07) is 9.81. The molecule has 2 aromatic heterocycles. The summed E-state index contributed by atoms with van der Waals surface area (Å²) in [5, 5.41) is 10.6. The molecule has 0 bridgehead atoms. The molecule has 0 saturated carbocycles. The molecule has 3 aromatic rings. The average Bonchev–Trinajstić information content (AvgIpc) is 2.99. The lowest BCUT2D eigenvalue weighted by Gasteiger charge is -2.19.